The fraction of sp³-hybridized carbons (Fsp3) is 0.188. The van der Waals surface area contributed by atoms with Crippen LogP contribution < -0.4 is 10.1 Å². The van der Waals surface area contributed by atoms with Crippen molar-refractivity contribution >= 4 is 17.3 Å². The molecule has 2 aromatic carbocycles. The molecule has 0 radical (unpaired) electrons. The average molecular weight is 287 g/mol. The summed E-state index contributed by atoms with van der Waals surface area (Å²) in [6, 6.07) is 15.2. The van der Waals surface area contributed by atoms with Gasteiger partial charge in [0.05, 0.1) is 11.3 Å². The molecule has 0 aliphatic rings. The van der Waals surface area contributed by atoms with Crippen molar-refractivity contribution in [2.24, 2.45) is 0 Å². The Labute approximate surface area is 123 Å². The van der Waals surface area contributed by atoms with E-state index in [-0.39, 0.29) is 0 Å². The van der Waals surface area contributed by atoms with Gasteiger partial charge in [-0.15, -0.1) is 0 Å². The minimum atomic E-state index is 0.525. The second-order valence-corrected chi connectivity index (χ2v) is 4.83. The molecular formula is C16H15ClN2O. The van der Waals surface area contributed by atoms with Crippen molar-refractivity contribution < 1.29 is 4.74 Å². The third kappa shape index (κ3) is 3.91. The zero-order valence-corrected chi connectivity index (χ0v) is 11.9. The summed E-state index contributed by atoms with van der Waals surface area (Å²) in [6.45, 7) is 3.17. The van der Waals surface area contributed by atoms with Crippen LogP contribution in [0.3, 0.4) is 0 Å². The fourth-order valence-electron chi connectivity index (χ4n) is 1.82. The summed E-state index contributed by atoms with van der Waals surface area (Å²) in [5.41, 5.74) is 2.47. The average Bonchev–Trinajstić information content (AvgIpc) is 2.45. The molecule has 0 aromatic heterocycles. The first kappa shape index (κ1) is 14.2. The van der Waals surface area contributed by atoms with Gasteiger partial charge in [-0.3, -0.25) is 0 Å². The number of hydrogen-bond donors (Lipinski definition) is 1. The van der Waals surface area contributed by atoms with Gasteiger partial charge in [0, 0.05) is 11.6 Å². The minimum Gasteiger partial charge on any atom is -0.492 e. The number of nitrogens with one attached hydrogen (secondary N) is 1. The predicted octanol–water partition coefficient (Wildman–Crippen LogP) is 4.01. The van der Waals surface area contributed by atoms with Crippen molar-refractivity contribution in [2.75, 3.05) is 18.5 Å². The summed E-state index contributed by atoms with van der Waals surface area (Å²) in [4.78, 5) is 0. The lowest BCUT2D eigenvalue weighted by molar-refractivity contribution is 0.332. The van der Waals surface area contributed by atoms with Crippen LogP contribution in [0.25, 0.3) is 0 Å². The Hall–Kier alpha value is -2.18. The Morgan fingerprint density at radius 2 is 2.10 bits per heavy atom. The van der Waals surface area contributed by atoms with Crippen LogP contribution in [-0.2, 0) is 0 Å². The molecule has 0 spiro atoms. The minimum absolute atomic E-state index is 0.525. The summed E-state index contributed by atoms with van der Waals surface area (Å²) in [5.74, 6) is 0.850. The van der Waals surface area contributed by atoms with E-state index in [9.17, 15) is 0 Å². The van der Waals surface area contributed by atoms with Crippen molar-refractivity contribution in [3.8, 4) is 11.8 Å². The SMILES string of the molecule is Cc1cccc(OCCNc2ccc(Cl)cc2C#N)c1. The van der Waals surface area contributed by atoms with Gasteiger partial charge in [-0.05, 0) is 42.8 Å². The lowest BCUT2D eigenvalue weighted by atomic mass is 10.2. The van der Waals surface area contributed by atoms with Crippen LogP contribution in [0.4, 0.5) is 5.69 Å². The molecule has 0 aliphatic heterocycles. The van der Waals surface area contributed by atoms with Crippen molar-refractivity contribution in [3.63, 3.8) is 0 Å². The number of aryl methyl sites for hydroxylation is 1. The van der Waals surface area contributed by atoms with Crippen molar-refractivity contribution in [2.45, 2.75) is 6.92 Å². The second-order valence-electron chi connectivity index (χ2n) is 4.39. The summed E-state index contributed by atoms with van der Waals surface area (Å²) in [5, 5.41) is 12.8. The highest BCUT2D eigenvalue weighted by atomic mass is 35.5. The third-order valence-corrected chi connectivity index (χ3v) is 3.01. The Morgan fingerprint density at radius 3 is 2.85 bits per heavy atom. The largest absolute Gasteiger partial charge is 0.492 e. The third-order valence-electron chi connectivity index (χ3n) is 2.78. The molecule has 0 saturated carbocycles. The molecule has 0 amide bonds. The smallest absolute Gasteiger partial charge is 0.119 e. The van der Waals surface area contributed by atoms with Gasteiger partial charge >= 0.3 is 0 Å². The summed E-state index contributed by atoms with van der Waals surface area (Å²) in [6.07, 6.45) is 0. The van der Waals surface area contributed by atoms with Gasteiger partial charge in [0.2, 0.25) is 0 Å². The van der Waals surface area contributed by atoms with E-state index in [2.05, 4.69) is 11.4 Å². The van der Waals surface area contributed by atoms with Crippen LogP contribution in [-0.4, -0.2) is 13.2 Å². The first-order valence-corrected chi connectivity index (χ1v) is 6.70. The molecule has 0 heterocycles. The van der Waals surface area contributed by atoms with Gasteiger partial charge in [0.25, 0.3) is 0 Å². The maximum absolute atomic E-state index is 9.03. The maximum atomic E-state index is 9.03. The van der Waals surface area contributed by atoms with Gasteiger partial charge in [-0.1, -0.05) is 23.7 Å². The predicted molar refractivity (Wildman–Crippen MR) is 81.3 cm³/mol. The highest BCUT2D eigenvalue weighted by Crippen LogP contribution is 2.19. The van der Waals surface area contributed by atoms with Crippen LogP contribution >= 0.6 is 11.6 Å². The molecule has 4 heteroatoms. The highest BCUT2D eigenvalue weighted by molar-refractivity contribution is 6.30. The number of rotatable bonds is 5. The van der Waals surface area contributed by atoms with Crippen molar-refractivity contribution in [1.82, 2.24) is 0 Å². The quantitative estimate of drug-likeness (QED) is 0.845. The number of halogens is 1. The van der Waals surface area contributed by atoms with Gasteiger partial charge in [-0.2, -0.15) is 5.26 Å². The van der Waals surface area contributed by atoms with E-state index in [1.807, 2.05) is 31.2 Å². The lowest BCUT2D eigenvalue weighted by Gasteiger charge is -2.10. The number of anilines is 1. The number of benzene rings is 2. The zero-order chi connectivity index (χ0) is 14.4. The second kappa shape index (κ2) is 6.83. The summed E-state index contributed by atoms with van der Waals surface area (Å²) < 4.78 is 5.63. The summed E-state index contributed by atoms with van der Waals surface area (Å²) >= 11 is 5.85. The molecule has 20 heavy (non-hydrogen) atoms. The number of nitrogens with zero attached hydrogens (tertiary/aromatic N) is 1. The van der Waals surface area contributed by atoms with Crippen molar-refractivity contribution in [1.29, 1.82) is 5.26 Å². The van der Waals surface area contributed by atoms with E-state index >= 15 is 0 Å². The molecule has 2 aromatic rings. The Balaban J connectivity index is 1.86. The topological polar surface area (TPSA) is 45.0 Å². The maximum Gasteiger partial charge on any atom is 0.119 e. The number of nitriles is 1. The molecule has 0 fully saturated rings. The molecule has 0 aliphatic carbocycles. The normalized spacial score (nSPS) is 9.85. The molecule has 0 saturated heterocycles. The molecule has 1 N–H and O–H groups in total. The highest BCUT2D eigenvalue weighted by Gasteiger charge is 2.02. The Bertz CT molecular complexity index is 635. The van der Waals surface area contributed by atoms with Crippen LogP contribution in [0.2, 0.25) is 5.02 Å². The van der Waals surface area contributed by atoms with E-state index in [1.165, 1.54) is 5.56 Å². The van der Waals surface area contributed by atoms with E-state index < -0.39 is 0 Å². The molecule has 0 atom stereocenters. The molecule has 3 nitrogen and oxygen atoms in total. The number of ether oxygens (including phenoxy) is 1. The van der Waals surface area contributed by atoms with Crippen LogP contribution in [0, 0.1) is 18.3 Å². The van der Waals surface area contributed by atoms with Crippen LogP contribution in [0.1, 0.15) is 11.1 Å². The van der Waals surface area contributed by atoms with E-state index in [0.717, 1.165) is 11.4 Å². The molecule has 0 bridgehead atoms. The number of hydrogen-bond acceptors (Lipinski definition) is 3. The van der Waals surface area contributed by atoms with E-state index in [1.54, 1.807) is 18.2 Å². The lowest BCUT2D eigenvalue weighted by Crippen LogP contribution is -2.12. The van der Waals surface area contributed by atoms with Crippen molar-refractivity contribution in [3.05, 3.63) is 58.6 Å². The fourth-order valence-corrected chi connectivity index (χ4v) is 1.99. The zero-order valence-electron chi connectivity index (χ0n) is 11.2. The first-order chi connectivity index (χ1) is 9.69. The van der Waals surface area contributed by atoms with E-state index in [0.29, 0.717) is 23.7 Å². The monoisotopic (exact) mass is 286 g/mol. The molecule has 102 valence electrons. The van der Waals surface area contributed by atoms with E-state index in [4.69, 9.17) is 21.6 Å². The Morgan fingerprint density at radius 1 is 1.25 bits per heavy atom. The molecular weight excluding hydrogens is 272 g/mol. The van der Waals surface area contributed by atoms with Crippen LogP contribution in [0.15, 0.2) is 42.5 Å². The van der Waals surface area contributed by atoms with Gasteiger partial charge in [-0.25, -0.2) is 0 Å². The molecule has 2 rings (SSSR count). The molecule has 0 unspecified atom stereocenters. The standard InChI is InChI=1S/C16H15ClN2O/c1-12-3-2-4-15(9-12)20-8-7-19-16-6-5-14(17)10-13(16)11-18/h2-6,9-10,19H,7-8H2,1H3. The van der Waals surface area contributed by atoms with Gasteiger partial charge in [0.15, 0.2) is 0 Å². The van der Waals surface area contributed by atoms with Gasteiger partial charge < -0.3 is 10.1 Å². The Kier molecular flexibility index (Phi) is 4.86. The first-order valence-electron chi connectivity index (χ1n) is 6.32. The van der Waals surface area contributed by atoms with Crippen LogP contribution in [0.5, 0.6) is 5.75 Å². The summed E-state index contributed by atoms with van der Waals surface area (Å²) in [7, 11) is 0. The van der Waals surface area contributed by atoms with Gasteiger partial charge in [0.1, 0.15) is 18.4 Å².